The quantitative estimate of drug-likeness (QED) is 0.489. The number of carbonyl (C=O) groups excluding carboxylic acids is 3. The predicted octanol–water partition coefficient (Wildman–Crippen LogP) is -0.273. The van der Waals surface area contributed by atoms with E-state index in [4.69, 9.17) is 0 Å². The lowest BCUT2D eigenvalue weighted by molar-refractivity contribution is -0.121. The maximum absolute atomic E-state index is 11.3. The Morgan fingerprint density at radius 3 is 2.21 bits per heavy atom. The minimum absolute atomic E-state index is 0.0655. The highest BCUT2D eigenvalue weighted by Crippen LogP contribution is 1.82. The molecule has 0 aliphatic heterocycles. The van der Waals surface area contributed by atoms with Crippen LogP contribution in [0.25, 0.3) is 0 Å². The van der Waals surface area contributed by atoms with Gasteiger partial charge in [0.15, 0.2) is 0 Å². The van der Waals surface area contributed by atoms with Crippen LogP contribution in [0, 0.1) is 0 Å². The molecule has 0 aromatic carbocycles. The number of carbonyl (C=O) groups is 3. The first-order chi connectivity index (χ1) is 8.95. The molecule has 0 bridgehead atoms. The van der Waals surface area contributed by atoms with Crippen molar-refractivity contribution in [1.29, 1.82) is 0 Å². The van der Waals surface area contributed by atoms with E-state index in [1.54, 1.807) is 0 Å². The zero-order valence-electron chi connectivity index (χ0n) is 11.8. The van der Waals surface area contributed by atoms with Gasteiger partial charge in [-0.2, -0.15) is 0 Å². The average molecular weight is 272 g/mol. The van der Waals surface area contributed by atoms with Gasteiger partial charge in [0, 0.05) is 25.6 Å². The van der Waals surface area contributed by atoms with E-state index in [0.717, 1.165) is 6.42 Å². The van der Waals surface area contributed by atoms with E-state index in [1.165, 1.54) is 0 Å². The first kappa shape index (κ1) is 17.2. The van der Waals surface area contributed by atoms with E-state index in [0.29, 0.717) is 6.54 Å². The first-order valence-electron chi connectivity index (χ1n) is 6.53. The lowest BCUT2D eigenvalue weighted by Gasteiger charge is -2.09. The lowest BCUT2D eigenvalue weighted by Crippen LogP contribution is -2.43. The minimum Gasteiger partial charge on any atom is -0.355 e. The summed E-state index contributed by atoms with van der Waals surface area (Å²) in [5.41, 5.74) is 0. The molecular formula is C12H24N4O3. The van der Waals surface area contributed by atoms with Crippen molar-refractivity contribution in [2.24, 2.45) is 0 Å². The predicted molar refractivity (Wildman–Crippen MR) is 72.6 cm³/mol. The number of hydrogen-bond donors (Lipinski definition) is 4. The molecule has 0 spiro atoms. The van der Waals surface area contributed by atoms with Gasteiger partial charge in [-0.05, 0) is 20.3 Å². The number of hydrogen-bond acceptors (Lipinski definition) is 3. The molecule has 0 fully saturated rings. The van der Waals surface area contributed by atoms with Crippen LogP contribution < -0.4 is 21.3 Å². The van der Waals surface area contributed by atoms with Crippen LogP contribution in [-0.4, -0.2) is 43.5 Å². The summed E-state index contributed by atoms with van der Waals surface area (Å²) in [6.07, 6.45) is 1.07. The maximum atomic E-state index is 11.3. The van der Waals surface area contributed by atoms with E-state index in [2.05, 4.69) is 21.3 Å². The summed E-state index contributed by atoms with van der Waals surface area (Å²) in [5.74, 6) is -0.342. The van der Waals surface area contributed by atoms with Crippen LogP contribution in [0.4, 0.5) is 4.79 Å². The largest absolute Gasteiger partial charge is 0.355 e. The molecular weight excluding hydrogens is 248 g/mol. The molecule has 0 unspecified atom stereocenters. The number of nitrogens with one attached hydrogen (secondary N) is 4. The fraction of sp³-hybridized carbons (Fsp3) is 0.750. The molecule has 0 saturated heterocycles. The summed E-state index contributed by atoms with van der Waals surface area (Å²) in [4.78, 5) is 33.8. The highest BCUT2D eigenvalue weighted by molar-refractivity contribution is 5.84. The molecule has 110 valence electrons. The van der Waals surface area contributed by atoms with Gasteiger partial charge in [0.2, 0.25) is 11.8 Å². The van der Waals surface area contributed by atoms with Crippen molar-refractivity contribution in [2.45, 2.75) is 39.7 Å². The Bertz CT molecular complexity index is 305. The second-order valence-corrected chi connectivity index (χ2v) is 4.43. The standard InChI is InChI=1S/C12H24N4O3/c1-4-6-13-11(18)8-15-12(19)14-7-5-10(17)16-9(2)3/h9H,4-8H2,1-3H3,(H,13,18)(H,16,17)(H2,14,15,19). The molecule has 7 nitrogen and oxygen atoms in total. The van der Waals surface area contributed by atoms with Crippen molar-refractivity contribution in [1.82, 2.24) is 21.3 Å². The Balaban J connectivity index is 3.59. The summed E-state index contributed by atoms with van der Waals surface area (Å²) in [6, 6.07) is -0.368. The van der Waals surface area contributed by atoms with Gasteiger partial charge in [-0.25, -0.2) is 4.79 Å². The highest BCUT2D eigenvalue weighted by atomic mass is 16.2. The Kier molecular flexibility index (Phi) is 9.20. The van der Waals surface area contributed by atoms with Crippen LogP contribution in [0.15, 0.2) is 0 Å². The topological polar surface area (TPSA) is 99.3 Å². The van der Waals surface area contributed by atoms with Gasteiger partial charge in [-0.3, -0.25) is 9.59 Å². The fourth-order valence-corrected chi connectivity index (χ4v) is 1.23. The lowest BCUT2D eigenvalue weighted by atomic mass is 10.3. The Morgan fingerprint density at radius 2 is 1.63 bits per heavy atom. The van der Waals surface area contributed by atoms with Gasteiger partial charge >= 0.3 is 6.03 Å². The third-order valence-electron chi connectivity index (χ3n) is 2.07. The maximum Gasteiger partial charge on any atom is 0.315 e. The smallest absolute Gasteiger partial charge is 0.315 e. The zero-order chi connectivity index (χ0) is 14.7. The van der Waals surface area contributed by atoms with Gasteiger partial charge in [0.25, 0.3) is 0 Å². The molecule has 0 aliphatic carbocycles. The summed E-state index contributed by atoms with van der Waals surface area (Å²) >= 11 is 0. The fourth-order valence-electron chi connectivity index (χ4n) is 1.23. The summed E-state index contributed by atoms with van der Waals surface area (Å²) in [5, 5.41) is 10.3. The zero-order valence-corrected chi connectivity index (χ0v) is 11.8. The molecule has 0 heterocycles. The van der Waals surface area contributed by atoms with Crippen LogP contribution in [0.3, 0.4) is 0 Å². The summed E-state index contributed by atoms with van der Waals surface area (Å²) < 4.78 is 0. The van der Waals surface area contributed by atoms with E-state index in [9.17, 15) is 14.4 Å². The highest BCUT2D eigenvalue weighted by Gasteiger charge is 2.06. The van der Waals surface area contributed by atoms with Crippen molar-refractivity contribution < 1.29 is 14.4 Å². The molecule has 0 aliphatic rings. The minimum atomic E-state index is -0.455. The monoisotopic (exact) mass is 272 g/mol. The second-order valence-electron chi connectivity index (χ2n) is 4.43. The number of rotatable bonds is 8. The number of amides is 4. The molecule has 19 heavy (non-hydrogen) atoms. The molecule has 0 aromatic heterocycles. The van der Waals surface area contributed by atoms with Gasteiger partial charge in [-0.15, -0.1) is 0 Å². The van der Waals surface area contributed by atoms with Crippen LogP contribution in [0.5, 0.6) is 0 Å². The van der Waals surface area contributed by atoms with Gasteiger partial charge in [0.05, 0.1) is 6.54 Å². The normalized spacial score (nSPS) is 9.89. The summed E-state index contributed by atoms with van der Waals surface area (Å²) in [7, 11) is 0. The van der Waals surface area contributed by atoms with Crippen LogP contribution >= 0.6 is 0 Å². The van der Waals surface area contributed by atoms with E-state index < -0.39 is 6.03 Å². The Morgan fingerprint density at radius 1 is 0.947 bits per heavy atom. The van der Waals surface area contributed by atoms with Crippen molar-refractivity contribution in [2.75, 3.05) is 19.6 Å². The van der Waals surface area contributed by atoms with E-state index >= 15 is 0 Å². The molecule has 7 heteroatoms. The van der Waals surface area contributed by atoms with Gasteiger partial charge in [0.1, 0.15) is 0 Å². The molecule has 0 saturated carbocycles. The van der Waals surface area contributed by atoms with Gasteiger partial charge < -0.3 is 21.3 Å². The molecule has 4 N–H and O–H groups in total. The van der Waals surface area contributed by atoms with E-state index in [1.807, 2.05) is 20.8 Å². The third-order valence-corrected chi connectivity index (χ3v) is 2.07. The summed E-state index contributed by atoms with van der Waals surface area (Å²) in [6.45, 7) is 6.45. The first-order valence-corrected chi connectivity index (χ1v) is 6.53. The van der Waals surface area contributed by atoms with Crippen molar-refractivity contribution in [3.8, 4) is 0 Å². The molecule has 0 aromatic rings. The van der Waals surface area contributed by atoms with Crippen molar-refractivity contribution in [3.63, 3.8) is 0 Å². The second kappa shape index (κ2) is 10.2. The van der Waals surface area contributed by atoms with E-state index in [-0.39, 0.29) is 37.4 Å². The van der Waals surface area contributed by atoms with Crippen LogP contribution in [-0.2, 0) is 9.59 Å². The van der Waals surface area contributed by atoms with Crippen LogP contribution in [0.1, 0.15) is 33.6 Å². The molecule has 0 rings (SSSR count). The molecule has 0 radical (unpaired) electrons. The molecule has 0 atom stereocenters. The van der Waals surface area contributed by atoms with Crippen molar-refractivity contribution in [3.05, 3.63) is 0 Å². The Hall–Kier alpha value is -1.79. The average Bonchev–Trinajstić information content (AvgIpc) is 2.32. The Labute approximate surface area is 113 Å². The van der Waals surface area contributed by atoms with Crippen LogP contribution in [0.2, 0.25) is 0 Å². The number of urea groups is 1. The third kappa shape index (κ3) is 11.1. The molecule has 4 amide bonds. The van der Waals surface area contributed by atoms with Crippen molar-refractivity contribution >= 4 is 17.8 Å². The van der Waals surface area contributed by atoms with Gasteiger partial charge in [-0.1, -0.05) is 6.92 Å². The SMILES string of the molecule is CCCNC(=O)CNC(=O)NCCC(=O)NC(C)C.